The van der Waals surface area contributed by atoms with Gasteiger partial charge in [-0.15, -0.1) is 11.5 Å². The fraction of sp³-hybridized carbons (Fsp3) is 0.750. The van der Waals surface area contributed by atoms with Crippen LogP contribution in [0.4, 0.5) is 0 Å². The predicted octanol–water partition coefficient (Wildman–Crippen LogP) is 3.26. The van der Waals surface area contributed by atoms with Crippen LogP contribution in [0, 0.1) is 16.9 Å². The minimum absolute atomic E-state index is 0.166. The van der Waals surface area contributed by atoms with E-state index < -0.39 is 8.07 Å². The van der Waals surface area contributed by atoms with E-state index in [1.54, 1.807) is 0 Å². The van der Waals surface area contributed by atoms with Crippen molar-refractivity contribution in [1.82, 2.24) is 0 Å². The fourth-order valence-electron chi connectivity index (χ4n) is 1.02. The Hall–Kier alpha value is -0.553. The number of hydrogen-bond acceptors (Lipinski definition) is 1. The van der Waals surface area contributed by atoms with E-state index in [2.05, 4.69) is 31.1 Å². The molecule has 1 nitrogen and oxygen atoms in total. The molecule has 0 bridgehead atoms. The highest BCUT2D eigenvalue weighted by Crippen LogP contribution is 2.19. The number of carbonyl (C=O) groups excluding carboxylic acids is 1. The molecule has 0 saturated carbocycles. The summed E-state index contributed by atoms with van der Waals surface area (Å²) in [7, 11) is -1.19. The molecule has 0 unspecified atom stereocenters. The molecule has 0 aliphatic rings. The van der Waals surface area contributed by atoms with Crippen LogP contribution in [0.5, 0.6) is 0 Å². The molecule has 0 heterocycles. The Morgan fingerprint density at radius 3 is 2.29 bits per heavy atom. The molecular weight excluding hydrogens is 188 g/mol. The van der Waals surface area contributed by atoms with Crippen molar-refractivity contribution in [1.29, 1.82) is 0 Å². The van der Waals surface area contributed by atoms with Gasteiger partial charge >= 0.3 is 0 Å². The average molecular weight is 210 g/mol. The smallest absolute Gasteiger partial charge is 0.129 e. The Morgan fingerprint density at radius 1 is 1.29 bits per heavy atom. The van der Waals surface area contributed by atoms with Crippen molar-refractivity contribution < 1.29 is 4.79 Å². The molecule has 80 valence electrons. The van der Waals surface area contributed by atoms with Gasteiger partial charge in [-0.1, -0.05) is 33.5 Å². The van der Waals surface area contributed by atoms with Gasteiger partial charge in [-0.25, -0.2) is 0 Å². The summed E-state index contributed by atoms with van der Waals surface area (Å²) < 4.78 is 0. The molecule has 0 N–H and O–H groups in total. The van der Waals surface area contributed by atoms with E-state index in [0.717, 1.165) is 25.5 Å². The molecule has 0 atom stereocenters. The Kier molecular flexibility index (Phi) is 5.15. The van der Waals surface area contributed by atoms with Crippen molar-refractivity contribution in [3.63, 3.8) is 0 Å². The van der Waals surface area contributed by atoms with Crippen molar-refractivity contribution in [2.24, 2.45) is 5.41 Å². The number of rotatable bonds is 4. The first-order valence-corrected chi connectivity index (χ1v) is 8.73. The summed E-state index contributed by atoms with van der Waals surface area (Å²) in [4.78, 5) is 10.6. The minimum Gasteiger partial charge on any atom is -0.303 e. The Morgan fingerprint density at radius 2 is 1.86 bits per heavy atom. The lowest BCUT2D eigenvalue weighted by Crippen LogP contribution is -2.16. The predicted molar refractivity (Wildman–Crippen MR) is 64.8 cm³/mol. The van der Waals surface area contributed by atoms with Crippen LogP contribution in [-0.4, -0.2) is 14.4 Å². The van der Waals surface area contributed by atoms with Crippen LogP contribution in [-0.2, 0) is 4.79 Å². The third kappa shape index (κ3) is 8.06. The molecule has 0 amide bonds. The van der Waals surface area contributed by atoms with Gasteiger partial charge in [0.05, 0.1) is 0 Å². The van der Waals surface area contributed by atoms with Crippen molar-refractivity contribution >= 4 is 14.4 Å². The zero-order valence-corrected chi connectivity index (χ0v) is 11.1. The van der Waals surface area contributed by atoms with Gasteiger partial charge in [-0.2, -0.15) is 0 Å². The lowest BCUT2D eigenvalue weighted by atomic mass is 9.89. The Labute approximate surface area is 89.3 Å². The van der Waals surface area contributed by atoms with Crippen LogP contribution in [0.25, 0.3) is 0 Å². The van der Waals surface area contributed by atoms with E-state index in [1.165, 1.54) is 0 Å². The van der Waals surface area contributed by atoms with Crippen molar-refractivity contribution in [3.8, 4) is 11.5 Å². The highest BCUT2D eigenvalue weighted by molar-refractivity contribution is 6.83. The van der Waals surface area contributed by atoms with Crippen LogP contribution in [0.1, 0.15) is 33.1 Å². The zero-order chi connectivity index (χ0) is 11.2. The average Bonchev–Trinajstić information content (AvgIpc) is 2.01. The zero-order valence-electron chi connectivity index (χ0n) is 10.1. The second-order valence-electron chi connectivity index (χ2n) is 5.51. The molecule has 0 aliphatic carbocycles. The largest absolute Gasteiger partial charge is 0.303 e. The molecule has 0 aromatic carbocycles. The van der Waals surface area contributed by atoms with Crippen LogP contribution in [0.2, 0.25) is 19.6 Å². The van der Waals surface area contributed by atoms with E-state index in [0.29, 0.717) is 0 Å². The summed E-state index contributed by atoms with van der Waals surface area (Å²) in [6.07, 6.45) is 3.95. The molecule has 0 spiro atoms. The van der Waals surface area contributed by atoms with Gasteiger partial charge in [0.25, 0.3) is 0 Å². The highest BCUT2D eigenvalue weighted by atomic mass is 28.3. The molecule has 0 rings (SSSR count). The molecule has 0 saturated heterocycles. The third-order valence-corrected chi connectivity index (χ3v) is 2.83. The molecule has 0 aliphatic heterocycles. The maximum Gasteiger partial charge on any atom is 0.129 e. The van der Waals surface area contributed by atoms with E-state index >= 15 is 0 Å². The third-order valence-electron chi connectivity index (χ3n) is 1.91. The van der Waals surface area contributed by atoms with Crippen molar-refractivity contribution in [2.45, 2.75) is 52.8 Å². The normalized spacial score (nSPS) is 11.8. The van der Waals surface area contributed by atoms with Crippen LogP contribution >= 0.6 is 0 Å². The molecular formula is C12H22OSi. The van der Waals surface area contributed by atoms with Gasteiger partial charge in [0, 0.05) is 11.8 Å². The number of carbonyl (C=O) groups is 1. The van der Waals surface area contributed by atoms with E-state index in [-0.39, 0.29) is 5.41 Å². The van der Waals surface area contributed by atoms with Gasteiger partial charge in [0.1, 0.15) is 14.4 Å². The monoisotopic (exact) mass is 210 g/mol. The summed E-state index contributed by atoms with van der Waals surface area (Å²) in [6.45, 7) is 10.7. The van der Waals surface area contributed by atoms with Crippen LogP contribution in [0.3, 0.4) is 0 Å². The number of unbranched alkanes of at least 4 members (excludes halogenated alkanes) is 1. The van der Waals surface area contributed by atoms with Gasteiger partial charge in [0.15, 0.2) is 0 Å². The second kappa shape index (κ2) is 5.36. The maximum absolute atomic E-state index is 10.6. The van der Waals surface area contributed by atoms with Gasteiger partial charge in [-0.3, -0.25) is 0 Å². The summed E-state index contributed by atoms with van der Waals surface area (Å²) in [5, 5.41) is 0. The van der Waals surface area contributed by atoms with Crippen LogP contribution in [0.15, 0.2) is 0 Å². The van der Waals surface area contributed by atoms with E-state index in [4.69, 9.17) is 0 Å². The van der Waals surface area contributed by atoms with Gasteiger partial charge in [0.2, 0.25) is 0 Å². The SMILES string of the molecule is CC(C)(C=O)CCCC#C[Si](C)(C)C. The number of hydrogen-bond donors (Lipinski definition) is 0. The van der Waals surface area contributed by atoms with Crippen LogP contribution < -0.4 is 0 Å². The Balaban J connectivity index is 3.76. The summed E-state index contributed by atoms with van der Waals surface area (Å²) in [5.74, 6) is 3.22. The minimum atomic E-state index is -1.19. The van der Waals surface area contributed by atoms with Crippen molar-refractivity contribution in [2.75, 3.05) is 0 Å². The molecule has 0 fully saturated rings. The lowest BCUT2D eigenvalue weighted by molar-refractivity contribution is -0.115. The molecule has 14 heavy (non-hydrogen) atoms. The highest BCUT2D eigenvalue weighted by Gasteiger charge is 2.14. The topological polar surface area (TPSA) is 17.1 Å². The molecule has 0 aromatic heterocycles. The van der Waals surface area contributed by atoms with E-state index in [9.17, 15) is 4.79 Å². The standard InChI is InChI=1S/C12H22OSi/c1-12(2,11-13)9-7-6-8-10-14(3,4)5/h11H,6-7,9H2,1-5H3. The summed E-state index contributed by atoms with van der Waals surface area (Å²) in [6, 6.07) is 0. The lowest BCUT2D eigenvalue weighted by Gasteiger charge is -2.14. The quantitative estimate of drug-likeness (QED) is 0.301. The number of aldehydes is 1. The second-order valence-corrected chi connectivity index (χ2v) is 10.3. The van der Waals surface area contributed by atoms with Gasteiger partial charge in [-0.05, 0) is 12.8 Å². The first-order valence-electron chi connectivity index (χ1n) is 5.23. The first-order chi connectivity index (χ1) is 6.27. The fourth-order valence-corrected chi connectivity index (χ4v) is 1.67. The maximum atomic E-state index is 10.6. The van der Waals surface area contributed by atoms with E-state index in [1.807, 2.05) is 13.8 Å². The Bertz CT molecular complexity index is 237. The summed E-state index contributed by atoms with van der Waals surface area (Å²) >= 11 is 0. The molecule has 0 aromatic rings. The summed E-state index contributed by atoms with van der Waals surface area (Å²) in [5.41, 5.74) is 3.16. The van der Waals surface area contributed by atoms with Crippen molar-refractivity contribution in [3.05, 3.63) is 0 Å². The first kappa shape index (κ1) is 13.4. The molecule has 2 heteroatoms. The van der Waals surface area contributed by atoms with Gasteiger partial charge < -0.3 is 4.79 Å². The molecule has 0 radical (unpaired) electrons.